The van der Waals surface area contributed by atoms with Gasteiger partial charge >= 0.3 is 0 Å². The molecule has 2 aliphatic heterocycles. The van der Waals surface area contributed by atoms with Crippen LogP contribution in [0, 0.1) is 6.92 Å². The number of aromatic amines is 1. The first-order valence-electron chi connectivity index (χ1n) is 11.7. The number of rotatable bonds is 5. The van der Waals surface area contributed by atoms with E-state index < -0.39 is 0 Å². The van der Waals surface area contributed by atoms with E-state index in [1.165, 1.54) is 5.69 Å². The van der Waals surface area contributed by atoms with Gasteiger partial charge in [0.25, 0.3) is 0 Å². The maximum absolute atomic E-state index is 6.39. The number of aryl methyl sites for hydroxylation is 1. The number of piperazine rings is 1. The van der Waals surface area contributed by atoms with Crippen LogP contribution in [0.3, 0.4) is 0 Å². The van der Waals surface area contributed by atoms with Gasteiger partial charge in [-0.2, -0.15) is 5.10 Å². The predicted molar refractivity (Wildman–Crippen MR) is 134 cm³/mol. The molecule has 0 spiro atoms. The molecule has 0 aliphatic carbocycles. The number of aromatic nitrogens is 4. The number of benzene rings is 2. The van der Waals surface area contributed by atoms with E-state index in [4.69, 9.17) is 26.2 Å². The molecule has 0 unspecified atom stereocenters. The zero-order chi connectivity index (χ0) is 23.2. The molecule has 0 bridgehead atoms. The largest absolute Gasteiger partial charge is 0.453 e. The summed E-state index contributed by atoms with van der Waals surface area (Å²) in [7, 11) is 0. The minimum atomic E-state index is 0.241. The van der Waals surface area contributed by atoms with E-state index in [2.05, 4.69) is 45.7 Å². The number of hydrogen-bond donors (Lipinski definition) is 1. The van der Waals surface area contributed by atoms with Gasteiger partial charge in [0, 0.05) is 49.2 Å². The smallest absolute Gasteiger partial charge is 0.231 e. The first-order valence-corrected chi connectivity index (χ1v) is 12.1. The van der Waals surface area contributed by atoms with Crippen molar-refractivity contribution in [2.24, 2.45) is 0 Å². The van der Waals surface area contributed by atoms with Crippen molar-refractivity contribution < 1.29 is 9.47 Å². The fourth-order valence-electron chi connectivity index (χ4n) is 5.06. The second-order valence-corrected chi connectivity index (χ2v) is 9.14. The van der Waals surface area contributed by atoms with Crippen LogP contribution in [-0.4, -0.2) is 52.7 Å². The number of nitrogens with one attached hydrogen (secondary N) is 1. The van der Waals surface area contributed by atoms with Gasteiger partial charge in [0.05, 0.1) is 40.9 Å². The van der Waals surface area contributed by atoms with Crippen molar-refractivity contribution in [1.82, 2.24) is 19.7 Å². The normalized spacial score (nSPS) is 15.5. The van der Waals surface area contributed by atoms with Gasteiger partial charge in [0.2, 0.25) is 6.79 Å². The van der Waals surface area contributed by atoms with Crippen LogP contribution in [0.5, 0.6) is 11.5 Å². The fraction of sp³-hybridized carbons (Fsp3) is 0.360. The summed E-state index contributed by atoms with van der Waals surface area (Å²) in [6.45, 7) is 8.61. The number of nitrogens with zero attached hydrogens (tertiary/aromatic N) is 5. The topological polar surface area (TPSA) is 71.4 Å². The monoisotopic (exact) mass is 478 g/mol. The van der Waals surface area contributed by atoms with Crippen molar-refractivity contribution in [3.8, 4) is 11.5 Å². The van der Waals surface area contributed by atoms with Crippen LogP contribution in [0.25, 0.3) is 10.9 Å². The van der Waals surface area contributed by atoms with Crippen molar-refractivity contribution >= 4 is 33.9 Å². The van der Waals surface area contributed by atoms with E-state index >= 15 is 0 Å². The predicted octanol–water partition coefficient (Wildman–Crippen LogP) is 4.39. The molecular weight excluding hydrogens is 452 g/mol. The molecule has 9 heteroatoms. The molecule has 2 aromatic carbocycles. The molecule has 0 amide bonds. The lowest BCUT2D eigenvalue weighted by Crippen LogP contribution is -2.47. The molecule has 1 saturated heterocycles. The lowest BCUT2D eigenvalue weighted by Gasteiger charge is -2.38. The van der Waals surface area contributed by atoms with Crippen LogP contribution in [0.4, 0.5) is 11.4 Å². The Hall–Kier alpha value is -3.39. The molecule has 4 aromatic rings. The van der Waals surface area contributed by atoms with Crippen LogP contribution in [0.1, 0.15) is 23.9 Å². The summed E-state index contributed by atoms with van der Waals surface area (Å²) in [6, 6.07) is 8.19. The lowest BCUT2D eigenvalue weighted by atomic mass is 10.1. The molecule has 176 valence electrons. The number of anilines is 2. The minimum absolute atomic E-state index is 0.241. The zero-order valence-corrected chi connectivity index (χ0v) is 20.1. The van der Waals surface area contributed by atoms with E-state index in [9.17, 15) is 0 Å². The van der Waals surface area contributed by atoms with Crippen LogP contribution in [0.2, 0.25) is 5.02 Å². The summed E-state index contributed by atoms with van der Waals surface area (Å²) in [5, 5.41) is 6.92. The number of hydrogen-bond acceptors (Lipinski definition) is 6. The van der Waals surface area contributed by atoms with Crippen LogP contribution < -0.4 is 19.3 Å². The van der Waals surface area contributed by atoms with Gasteiger partial charge in [-0.3, -0.25) is 4.68 Å². The summed E-state index contributed by atoms with van der Waals surface area (Å²) in [6.07, 6.45) is 4.44. The number of H-pyrrole nitrogens is 1. The molecule has 34 heavy (non-hydrogen) atoms. The molecule has 1 fully saturated rings. The Morgan fingerprint density at radius 3 is 2.71 bits per heavy atom. The highest BCUT2D eigenvalue weighted by molar-refractivity contribution is 6.31. The van der Waals surface area contributed by atoms with E-state index in [1.54, 1.807) is 6.33 Å². The summed E-state index contributed by atoms with van der Waals surface area (Å²) in [5.74, 6) is 1.61. The lowest BCUT2D eigenvalue weighted by molar-refractivity contribution is 0.174. The molecule has 0 atom stereocenters. The van der Waals surface area contributed by atoms with Crippen LogP contribution >= 0.6 is 11.6 Å². The van der Waals surface area contributed by atoms with Gasteiger partial charge < -0.3 is 24.3 Å². The van der Waals surface area contributed by atoms with Crippen LogP contribution in [-0.2, 0) is 13.0 Å². The molecular formula is C25H27ClN6O2. The first kappa shape index (κ1) is 21.2. The number of halogens is 1. The first-order chi connectivity index (χ1) is 16.6. The maximum atomic E-state index is 6.39. The van der Waals surface area contributed by atoms with Gasteiger partial charge in [0.1, 0.15) is 0 Å². The molecule has 4 heterocycles. The van der Waals surface area contributed by atoms with E-state index in [0.717, 1.165) is 82.7 Å². The Labute approximate surface area is 203 Å². The average molecular weight is 479 g/mol. The molecule has 2 aromatic heterocycles. The van der Waals surface area contributed by atoms with E-state index in [-0.39, 0.29) is 6.79 Å². The van der Waals surface area contributed by atoms with Crippen molar-refractivity contribution in [2.75, 3.05) is 42.8 Å². The second-order valence-electron chi connectivity index (χ2n) is 8.73. The van der Waals surface area contributed by atoms with Crippen molar-refractivity contribution in [1.29, 1.82) is 0 Å². The summed E-state index contributed by atoms with van der Waals surface area (Å²) >= 11 is 6.39. The van der Waals surface area contributed by atoms with E-state index in [0.29, 0.717) is 6.54 Å². The average Bonchev–Trinajstić information content (AvgIpc) is 3.61. The third kappa shape index (κ3) is 3.44. The van der Waals surface area contributed by atoms with Crippen LogP contribution in [0.15, 0.2) is 36.8 Å². The molecule has 0 radical (unpaired) electrons. The van der Waals surface area contributed by atoms with Crippen molar-refractivity contribution in [3.63, 3.8) is 0 Å². The number of ether oxygens (including phenoxy) is 2. The molecule has 6 rings (SSSR count). The fourth-order valence-corrected chi connectivity index (χ4v) is 5.23. The second kappa shape index (κ2) is 8.43. The SMILES string of the molecule is CCc1nn(Cc2c[nH]cn2)c2cc3c(c(N4CCN(c5cccc(Cl)c5C)CC4)c12)OCO3. The summed E-state index contributed by atoms with van der Waals surface area (Å²) < 4.78 is 13.9. The Balaban J connectivity index is 1.39. The van der Waals surface area contributed by atoms with Gasteiger partial charge in [0.15, 0.2) is 11.5 Å². The maximum Gasteiger partial charge on any atom is 0.231 e. The Bertz CT molecular complexity index is 1340. The van der Waals surface area contributed by atoms with Gasteiger partial charge in [-0.05, 0) is 31.0 Å². The zero-order valence-electron chi connectivity index (χ0n) is 19.3. The standard InChI is InChI=1S/C25H27ClN6O2/c1-3-19-23-21(32(29-19)13-17-12-27-14-28-17)11-22-25(34-15-33-22)24(23)31-9-7-30(8-10-31)20-6-4-5-18(26)16(20)2/h4-6,11-12,14H,3,7-10,13,15H2,1-2H3,(H,27,28). The van der Waals surface area contributed by atoms with Gasteiger partial charge in [-0.1, -0.05) is 24.6 Å². The van der Waals surface area contributed by atoms with Crippen molar-refractivity contribution in [2.45, 2.75) is 26.8 Å². The van der Waals surface area contributed by atoms with Crippen molar-refractivity contribution in [3.05, 3.63) is 58.8 Å². The quantitative estimate of drug-likeness (QED) is 0.459. The highest BCUT2D eigenvalue weighted by atomic mass is 35.5. The summed E-state index contributed by atoms with van der Waals surface area (Å²) in [4.78, 5) is 12.3. The molecule has 1 N–H and O–H groups in total. The number of fused-ring (bicyclic) bond motifs is 2. The Morgan fingerprint density at radius 2 is 1.94 bits per heavy atom. The Morgan fingerprint density at radius 1 is 1.12 bits per heavy atom. The van der Waals surface area contributed by atoms with E-state index in [1.807, 2.05) is 23.0 Å². The van der Waals surface area contributed by atoms with Gasteiger partial charge in [-0.15, -0.1) is 0 Å². The third-order valence-electron chi connectivity index (χ3n) is 6.80. The number of imidazole rings is 1. The minimum Gasteiger partial charge on any atom is -0.453 e. The molecule has 2 aliphatic rings. The molecule has 8 nitrogen and oxygen atoms in total. The third-order valence-corrected chi connectivity index (χ3v) is 7.21. The summed E-state index contributed by atoms with van der Waals surface area (Å²) in [5.41, 5.74) is 6.48. The highest BCUT2D eigenvalue weighted by Gasteiger charge is 2.31. The van der Waals surface area contributed by atoms with Gasteiger partial charge in [-0.25, -0.2) is 4.98 Å². The highest BCUT2D eigenvalue weighted by Crippen LogP contribution is 2.48. The molecule has 0 saturated carbocycles. The Kier molecular flexibility index (Phi) is 5.25.